The Balaban J connectivity index is 1.35. The molecular weight excluding hydrogens is 456 g/mol. The molecule has 3 aromatic carbocycles. The predicted molar refractivity (Wildman–Crippen MR) is 142 cm³/mol. The number of rotatable bonds is 6. The van der Waals surface area contributed by atoms with Gasteiger partial charge in [0.05, 0.1) is 22.7 Å². The Kier molecular flexibility index (Phi) is 6.86. The van der Waals surface area contributed by atoms with Crippen LogP contribution in [0.4, 0.5) is 5.69 Å². The van der Waals surface area contributed by atoms with Crippen molar-refractivity contribution in [1.82, 2.24) is 14.5 Å². The van der Waals surface area contributed by atoms with Gasteiger partial charge in [-0.15, -0.1) is 0 Å². The van der Waals surface area contributed by atoms with E-state index >= 15 is 0 Å². The highest BCUT2D eigenvalue weighted by Crippen LogP contribution is 2.25. The average Bonchev–Trinajstić information content (AvgIpc) is 2.91. The number of hydrogen-bond donors (Lipinski definition) is 0. The number of carbonyl (C=O) groups is 1. The lowest BCUT2D eigenvalue weighted by atomic mass is 10.2. The Morgan fingerprint density at radius 1 is 0.886 bits per heavy atom. The summed E-state index contributed by atoms with van der Waals surface area (Å²) in [7, 11) is 0. The molecule has 1 aliphatic heterocycles. The van der Waals surface area contributed by atoms with Gasteiger partial charge in [-0.2, -0.15) is 0 Å². The van der Waals surface area contributed by atoms with Gasteiger partial charge in [0.25, 0.3) is 5.56 Å². The van der Waals surface area contributed by atoms with Crippen LogP contribution >= 0.6 is 11.8 Å². The monoisotopic (exact) mass is 484 g/mol. The van der Waals surface area contributed by atoms with Crippen LogP contribution in [0.15, 0.2) is 94.9 Å². The Bertz CT molecular complexity index is 1370. The van der Waals surface area contributed by atoms with Gasteiger partial charge in [0.2, 0.25) is 5.91 Å². The molecule has 0 N–H and O–H groups in total. The maximum Gasteiger partial charge on any atom is 0.262 e. The van der Waals surface area contributed by atoms with E-state index in [4.69, 9.17) is 4.98 Å². The van der Waals surface area contributed by atoms with Crippen molar-refractivity contribution in [2.45, 2.75) is 23.9 Å². The van der Waals surface area contributed by atoms with E-state index in [1.54, 1.807) is 10.6 Å². The van der Waals surface area contributed by atoms with E-state index in [0.717, 1.165) is 18.7 Å². The van der Waals surface area contributed by atoms with Crippen molar-refractivity contribution in [3.8, 4) is 0 Å². The summed E-state index contributed by atoms with van der Waals surface area (Å²) in [5, 5.41) is 0.804. The fraction of sp³-hybridized carbons (Fsp3) is 0.250. The van der Waals surface area contributed by atoms with Crippen LogP contribution in [0.5, 0.6) is 0 Å². The van der Waals surface area contributed by atoms with Gasteiger partial charge in [0.15, 0.2) is 5.16 Å². The van der Waals surface area contributed by atoms with Crippen LogP contribution < -0.4 is 10.5 Å². The molecule has 178 valence electrons. The summed E-state index contributed by atoms with van der Waals surface area (Å²) in [6, 6.07) is 27.6. The number of amides is 1. The van der Waals surface area contributed by atoms with Gasteiger partial charge in [0.1, 0.15) is 0 Å². The fourth-order valence-corrected chi connectivity index (χ4v) is 5.42. The second kappa shape index (κ2) is 10.4. The smallest absolute Gasteiger partial charge is 0.262 e. The molecular formula is C28H28N4O2S. The minimum absolute atomic E-state index is 0.0800. The topological polar surface area (TPSA) is 58.4 Å². The van der Waals surface area contributed by atoms with Gasteiger partial charge in [-0.1, -0.05) is 72.4 Å². The fourth-order valence-electron chi connectivity index (χ4n) is 4.43. The van der Waals surface area contributed by atoms with Crippen LogP contribution in [0.25, 0.3) is 10.9 Å². The van der Waals surface area contributed by atoms with E-state index in [-0.39, 0.29) is 16.7 Å². The molecule has 1 saturated heterocycles. The SMILES string of the molecule is CC(Sc1nc2ccccc2c(=O)n1Cc1ccccc1)C(=O)N1CCN(c2ccccc2)CC1. The molecule has 1 aromatic heterocycles. The molecule has 35 heavy (non-hydrogen) atoms. The van der Waals surface area contributed by atoms with E-state index in [1.165, 1.54) is 17.4 Å². The van der Waals surface area contributed by atoms with Crippen molar-refractivity contribution < 1.29 is 4.79 Å². The summed E-state index contributed by atoms with van der Waals surface area (Å²) < 4.78 is 1.69. The maximum atomic E-state index is 13.4. The van der Waals surface area contributed by atoms with E-state index in [1.807, 2.05) is 78.6 Å². The number of aromatic nitrogens is 2. The van der Waals surface area contributed by atoms with E-state index in [0.29, 0.717) is 35.7 Å². The first-order valence-corrected chi connectivity index (χ1v) is 12.8. The zero-order valence-electron chi connectivity index (χ0n) is 19.7. The Morgan fingerprint density at radius 3 is 2.23 bits per heavy atom. The van der Waals surface area contributed by atoms with Gasteiger partial charge < -0.3 is 9.80 Å². The number of piperazine rings is 1. The third-order valence-electron chi connectivity index (χ3n) is 6.35. The third-order valence-corrected chi connectivity index (χ3v) is 7.43. The number of benzene rings is 3. The van der Waals surface area contributed by atoms with Crippen molar-refractivity contribution >= 4 is 34.3 Å². The zero-order chi connectivity index (χ0) is 24.2. The lowest BCUT2D eigenvalue weighted by Gasteiger charge is -2.37. The van der Waals surface area contributed by atoms with Crippen LogP contribution in [-0.4, -0.2) is 51.8 Å². The minimum atomic E-state index is -0.353. The van der Waals surface area contributed by atoms with Gasteiger partial charge in [-0.05, 0) is 36.8 Å². The first-order valence-electron chi connectivity index (χ1n) is 11.9. The van der Waals surface area contributed by atoms with Gasteiger partial charge in [-0.3, -0.25) is 14.2 Å². The third kappa shape index (κ3) is 5.10. The molecule has 5 rings (SSSR count). The summed E-state index contributed by atoms with van der Waals surface area (Å²) >= 11 is 1.36. The summed E-state index contributed by atoms with van der Waals surface area (Å²) in [6.07, 6.45) is 0. The second-order valence-electron chi connectivity index (χ2n) is 8.70. The standard InChI is InChI=1S/C28H28N4O2S/c1-21(26(33)31-18-16-30(17-19-31)23-12-6-3-7-13-23)35-28-29-25-15-9-8-14-24(25)27(34)32(28)20-22-10-4-2-5-11-22/h2-15,21H,16-20H2,1H3. The number of anilines is 1. The molecule has 1 atom stereocenters. The summed E-state index contributed by atoms with van der Waals surface area (Å²) in [5.41, 5.74) is 2.77. The summed E-state index contributed by atoms with van der Waals surface area (Å²) in [5.74, 6) is 0.0800. The lowest BCUT2D eigenvalue weighted by Crippen LogP contribution is -2.50. The van der Waals surface area contributed by atoms with Crippen molar-refractivity contribution in [1.29, 1.82) is 0 Å². The quantitative estimate of drug-likeness (QED) is 0.302. The first-order chi connectivity index (χ1) is 17.1. The van der Waals surface area contributed by atoms with E-state index in [2.05, 4.69) is 17.0 Å². The number of fused-ring (bicyclic) bond motifs is 1. The molecule has 6 nitrogen and oxygen atoms in total. The van der Waals surface area contributed by atoms with Crippen LogP contribution in [0.2, 0.25) is 0 Å². The van der Waals surface area contributed by atoms with Crippen molar-refractivity contribution in [2.75, 3.05) is 31.1 Å². The molecule has 1 fully saturated rings. The lowest BCUT2D eigenvalue weighted by molar-refractivity contribution is -0.130. The molecule has 2 heterocycles. The van der Waals surface area contributed by atoms with Gasteiger partial charge >= 0.3 is 0 Å². The van der Waals surface area contributed by atoms with E-state index in [9.17, 15) is 9.59 Å². The van der Waals surface area contributed by atoms with Crippen LogP contribution in [0, 0.1) is 0 Å². The predicted octanol–water partition coefficient (Wildman–Crippen LogP) is 4.27. The van der Waals surface area contributed by atoms with Crippen LogP contribution in [0.3, 0.4) is 0 Å². The number of carbonyl (C=O) groups excluding carboxylic acids is 1. The Labute approximate surface area is 209 Å². The summed E-state index contributed by atoms with van der Waals surface area (Å²) in [6.45, 7) is 5.29. The first kappa shape index (κ1) is 23.2. The highest BCUT2D eigenvalue weighted by molar-refractivity contribution is 8.00. The average molecular weight is 485 g/mol. The van der Waals surface area contributed by atoms with Crippen LogP contribution in [-0.2, 0) is 11.3 Å². The molecule has 1 amide bonds. The molecule has 7 heteroatoms. The number of nitrogens with zero attached hydrogens (tertiary/aromatic N) is 4. The number of hydrogen-bond acceptors (Lipinski definition) is 5. The molecule has 1 aliphatic rings. The zero-order valence-corrected chi connectivity index (χ0v) is 20.5. The Hall–Kier alpha value is -3.58. The molecule has 0 radical (unpaired) electrons. The van der Waals surface area contributed by atoms with Crippen molar-refractivity contribution in [3.05, 3.63) is 101 Å². The number of thioether (sulfide) groups is 1. The highest BCUT2D eigenvalue weighted by Gasteiger charge is 2.27. The second-order valence-corrected chi connectivity index (χ2v) is 10.0. The molecule has 4 aromatic rings. The molecule has 0 aliphatic carbocycles. The molecule has 0 spiro atoms. The van der Waals surface area contributed by atoms with Gasteiger partial charge in [-0.25, -0.2) is 4.98 Å². The minimum Gasteiger partial charge on any atom is -0.368 e. The molecule has 0 saturated carbocycles. The van der Waals surface area contributed by atoms with Crippen molar-refractivity contribution in [2.24, 2.45) is 0 Å². The summed E-state index contributed by atoms with van der Waals surface area (Å²) in [4.78, 5) is 35.8. The van der Waals surface area contributed by atoms with Gasteiger partial charge in [0, 0.05) is 31.9 Å². The molecule has 0 bridgehead atoms. The maximum absolute atomic E-state index is 13.4. The van der Waals surface area contributed by atoms with Crippen LogP contribution in [0.1, 0.15) is 12.5 Å². The normalized spacial score (nSPS) is 14.8. The largest absolute Gasteiger partial charge is 0.368 e. The highest BCUT2D eigenvalue weighted by atomic mass is 32.2. The molecule has 1 unspecified atom stereocenters. The van der Waals surface area contributed by atoms with Crippen molar-refractivity contribution in [3.63, 3.8) is 0 Å². The Morgan fingerprint density at radius 2 is 1.51 bits per heavy atom. The number of para-hydroxylation sites is 2. The van der Waals surface area contributed by atoms with E-state index < -0.39 is 0 Å².